The summed E-state index contributed by atoms with van der Waals surface area (Å²) in [5.41, 5.74) is 4.63. The molecule has 0 aliphatic carbocycles. The lowest BCUT2D eigenvalue weighted by atomic mass is 10.0. The normalized spacial score (nSPS) is 14.0. The highest BCUT2D eigenvalue weighted by Crippen LogP contribution is 2.20. The van der Waals surface area contributed by atoms with Crippen LogP contribution in [0.2, 0.25) is 0 Å². The first kappa shape index (κ1) is 18.9. The summed E-state index contributed by atoms with van der Waals surface area (Å²) in [5, 5.41) is 0. The Kier molecular flexibility index (Phi) is 5.43. The van der Waals surface area contributed by atoms with Crippen molar-refractivity contribution in [1.82, 2.24) is 9.80 Å². The zero-order valence-corrected chi connectivity index (χ0v) is 16.5. The third-order valence-electron chi connectivity index (χ3n) is 5.47. The van der Waals surface area contributed by atoms with E-state index in [0.29, 0.717) is 31.7 Å². The Morgan fingerprint density at radius 2 is 1.14 bits per heavy atom. The lowest BCUT2D eigenvalue weighted by Crippen LogP contribution is -2.50. The van der Waals surface area contributed by atoms with E-state index >= 15 is 0 Å². The first-order valence-electron chi connectivity index (χ1n) is 9.93. The number of amides is 2. The second-order valence-electron chi connectivity index (χ2n) is 7.34. The van der Waals surface area contributed by atoms with Gasteiger partial charge in [-0.05, 0) is 41.8 Å². The van der Waals surface area contributed by atoms with Crippen molar-refractivity contribution >= 4 is 11.8 Å². The Hall–Kier alpha value is -3.40. The molecule has 2 amide bonds. The van der Waals surface area contributed by atoms with E-state index in [4.69, 9.17) is 0 Å². The third-order valence-corrected chi connectivity index (χ3v) is 5.47. The van der Waals surface area contributed by atoms with Gasteiger partial charge < -0.3 is 9.80 Å². The van der Waals surface area contributed by atoms with Gasteiger partial charge in [0.15, 0.2) is 0 Å². The fourth-order valence-corrected chi connectivity index (χ4v) is 3.71. The highest BCUT2D eigenvalue weighted by molar-refractivity contribution is 5.97. The minimum absolute atomic E-state index is 0.0209. The molecule has 0 N–H and O–H groups in total. The molecule has 4 heteroatoms. The van der Waals surface area contributed by atoms with Gasteiger partial charge in [-0.3, -0.25) is 9.59 Å². The molecule has 1 aliphatic heterocycles. The van der Waals surface area contributed by atoms with Gasteiger partial charge in [0.1, 0.15) is 0 Å². The fraction of sp³-hybridized carbons (Fsp3) is 0.200. The Morgan fingerprint density at radius 3 is 1.76 bits per heavy atom. The van der Waals surface area contributed by atoms with E-state index in [-0.39, 0.29) is 11.8 Å². The van der Waals surface area contributed by atoms with Crippen LogP contribution in [0.15, 0.2) is 78.9 Å². The SMILES string of the molecule is Cc1ccccc1C(=O)N1CCN(C(=O)c2ccc(-c3ccccc3)cc2)CC1. The van der Waals surface area contributed by atoms with E-state index in [1.807, 2.05) is 83.5 Å². The zero-order valence-electron chi connectivity index (χ0n) is 16.5. The molecular formula is C25H24N2O2. The monoisotopic (exact) mass is 384 g/mol. The van der Waals surface area contributed by atoms with E-state index in [2.05, 4.69) is 12.1 Å². The van der Waals surface area contributed by atoms with Crippen molar-refractivity contribution in [2.24, 2.45) is 0 Å². The smallest absolute Gasteiger partial charge is 0.254 e. The van der Waals surface area contributed by atoms with Crippen LogP contribution in [0.5, 0.6) is 0 Å². The topological polar surface area (TPSA) is 40.6 Å². The maximum Gasteiger partial charge on any atom is 0.254 e. The largest absolute Gasteiger partial charge is 0.335 e. The van der Waals surface area contributed by atoms with E-state index in [0.717, 1.165) is 22.3 Å². The van der Waals surface area contributed by atoms with Gasteiger partial charge in [0.2, 0.25) is 0 Å². The molecule has 1 aliphatic rings. The number of carbonyl (C=O) groups is 2. The van der Waals surface area contributed by atoms with Crippen molar-refractivity contribution < 1.29 is 9.59 Å². The molecule has 29 heavy (non-hydrogen) atoms. The quantitative estimate of drug-likeness (QED) is 0.677. The van der Waals surface area contributed by atoms with Crippen LogP contribution in [0.1, 0.15) is 26.3 Å². The number of aryl methyl sites for hydroxylation is 1. The van der Waals surface area contributed by atoms with Crippen LogP contribution in [0.4, 0.5) is 0 Å². The lowest BCUT2D eigenvalue weighted by Gasteiger charge is -2.35. The Balaban J connectivity index is 1.39. The van der Waals surface area contributed by atoms with Gasteiger partial charge in [-0.2, -0.15) is 0 Å². The fourth-order valence-electron chi connectivity index (χ4n) is 3.71. The number of rotatable bonds is 3. The molecule has 0 spiro atoms. The van der Waals surface area contributed by atoms with E-state index < -0.39 is 0 Å². The zero-order chi connectivity index (χ0) is 20.2. The third kappa shape index (κ3) is 4.06. The minimum Gasteiger partial charge on any atom is -0.335 e. The van der Waals surface area contributed by atoms with Crippen molar-refractivity contribution in [2.45, 2.75) is 6.92 Å². The van der Waals surface area contributed by atoms with Crippen LogP contribution in [0, 0.1) is 6.92 Å². The predicted octanol–water partition coefficient (Wildman–Crippen LogP) is 4.26. The molecule has 0 bridgehead atoms. The van der Waals surface area contributed by atoms with Gasteiger partial charge >= 0.3 is 0 Å². The average Bonchev–Trinajstić information content (AvgIpc) is 2.79. The predicted molar refractivity (Wildman–Crippen MR) is 115 cm³/mol. The molecule has 0 unspecified atom stereocenters. The van der Waals surface area contributed by atoms with Crippen LogP contribution in [-0.4, -0.2) is 47.8 Å². The second-order valence-corrected chi connectivity index (χ2v) is 7.34. The number of carbonyl (C=O) groups excluding carboxylic acids is 2. The molecule has 1 fully saturated rings. The maximum atomic E-state index is 12.9. The number of hydrogen-bond donors (Lipinski definition) is 0. The molecule has 0 atom stereocenters. The summed E-state index contributed by atoms with van der Waals surface area (Å²) in [6.45, 7) is 4.17. The summed E-state index contributed by atoms with van der Waals surface area (Å²) in [6, 6.07) is 25.5. The number of nitrogens with zero attached hydrogens (tertiary/aromatic N) is 2. The number of hydrogen-bond acceptors (Lipinski definition) is 2. The molecule has 0 saturated carbocycles. The van der Waals surface area contributed by atoms with Gasteiger partial charge in [-0.25, -0.2) is 0 Å². The van der Waals surface area contributed by atoms with Crippen LogP contribution in [0.3, 0.4) is 0 Å². The van der Waals surface area contributed by atoms with Gasteiger partial charge in [-0.15, -0.1) is 0 Å². The molecule has 3 aromatic rings. The summed E-state index contributed by atoms with van der Waals surface area (Å²) >= 11 is 0. The van der Waals surface area contributed by atoms with E-state index in [1.54, 1.807) is 0 Å². The summed E-state index contributed by atoms with van der Waals surface area (Å²) in [7, 11) is 0. The van der Waals surface area contributed by atoms with E-state index in [1.165, 1.54) is 0 Å². The first-order chi connectivity index (χ1) is 14.1. The molecule has 4 rings (SSSR count). The average molecular weight is 384 g/mol. The summed E-state index contributed by atoms with van der Waals surface area (Å²) < 4.78 is 0. The molecule has 4 nitrogen and oxygen atoms in total. The van der Waals surface area contributed by atoms with Crippen molar-refractivity contribution in [2.75, 3.05) is 26.2 Å². The molecule has 1 heterocycles. The van der Waals surface area contributed by atoms with Crippen molar-refractivity contribution in [3.63, 3.8) is 0 Å². The summed E-state index contributed by atoms with van der Waals surface area (Å²) in [6.07, 6.45) is 0. The molecule has 146 valence electrons. The van der Waals surface area contributed by atoms with E-state index in [9.17, 15) is 9.59 Å². The maximum absolute atomic E-state index is 12.9. The van der Waals surface area contributed by atoms with Crippen molar-refractivity contribution in [3.05, 3.63) is 95.6 Å². The van der Waals surface area contributed by atoms with Crippen LogP contribution in [0.25, 0.3) is 11.1 Å². The lowest BCUT2D eigenvalue weighted by molar-refractivity contribution is 0.0535. The Labute approximate surface area is 171 Å². The van der Waals surface area contributed by atoms with Crippen LogP contribution >= 0.6 is 0 Å². The molecule has 3 aromatic carbocycles. The molecular weight excluding hydrogens is 360 g/mol. The second kappa shape index (κ2) is 8.31. The van der Waals surface area contributed by atoms with Gasteiger partial charge in [0.05, 0.1) is 0 Å². The molecule has 0 radical (unpaired) electrons. The van der Waals surface area contributed by atoms with Crippen LogP contribution in [-0.2, 0) is 0 Å². The van der Waals surface area contributed by atoms with Gasteiger partial charge in [-0.1, -0.05) is 60.7 Å². The summed E-state index contributed by atoms with van der Waals surface area (Å²) in [5.74, 6) is 0.0648. The van der Waals surface area contributed by atoms with Gasteiger partial charge in [0.25, 0.3) is 11.8 Å². The van der Waals surface area contributed by atoms with Gasteiger partial charge in [0, 0.05) is 37.3 Å². The Bertz CT molecular complexity index is 1000. The number of piperazine rings is 1. The minimum atomic E-state index is 0.0209. The standard InChI is InChI=1S/C25H24N2O2/c1-19-7-5-6-10-23(19)25(29)27-17-15-26(16-18-27)24(28)22-13-11-21(12-14-22)20-8-3-2-4-9-20/h2-14H,15-18H2,1H3. The van der Waals surface area contributed by atoms with Crippen molar-refractivity contribution in [3.8, 4) is 11.1 Å². The van der Waals surface area contributed by atoms with Crippen molar-refractivity contribution in [1.29, 1.82) is 0 Å². The molecule has 0 aromatic heterocycles. The highest BCUT2D eigenvalue weighted by atomic mass is 16.2. The van der Waals surface area contributed by atoms with Crippen LogP contribution < -0.4 is 0 Å². The molecule has 1 saturated heterocycles. The summed E-state index contributed by atoms with van der Waals surface area (Å²) in [4.78, 5) is 29.3. The first-order valence-corrected chi connectivity index (χ1v) is 9.93. The number of benzene rings is 3. The Morgan fingerprint density at radius 1 is 0.621 bits per heavy atom. The highest BCUT2D eigenvalue weighted by Gasteiger charge is 2.26.